The van der Waals surface area contributed by atoms with E-state index in [0.29, 0.717) is 0 Å². The highest BCUT2D eigenvalue weighted by atomic mass is 16.3. The maximum absolute atomic E-state index is 7.19. The van der Waals surface area contributed by atoms with Gasteiger partial charge >= 0.3 is 0 Å². The predicted octanol–water partition coefficient (Wildman–Crippen LogP) is 14.4. The number of anilines is 3. The lowest BCUT2D eigenvalue weighted by molar-refractivity contribution is 0.670. The number of rotatable bonds is 6. The van der Waals surface area contributed by atoms with Gasteiger partial charge in [-0.05, 0) is 85.8 Å². The summed E-state index contributed by atoms with van der Waals surface area (Å²) in [6.07, 6.45) is 0. The van der Waals surface area contributed by atoms with Crippen LogP contribution in [0, 0.1) is 0 Å². The van der Waals surface area contributed by atoms with Crippen LogP contribution in [0.2, 0.25) is 0 Å². The van der Waals surface area contributed by atoms with Gasteiger partial charge in [-0.3, -0.25) is 0 Å². The molecular weight excluding hydrogens is 631 g/mol. The number of nitrogens with zero attached hydrogens (tertiary/aromatic N) is 1. The highest BCUT2D eigenvalue weighted by molar-refractivity contribution is 6.22. The van der Waals surface area contributed by atoms with Crippen LogP contribution in [0.3, 0.4) is 0 Å². The molecular formula is C50H33NO. The molecule has 0 aliphatic rings. The van der Waals surface area contributed by atoms with Crippen molar-refractivity contribution in [1.82, 2.24) is 0 Å². The molecule has 0 atom stereocenters. The Hall–Kier alpha value is -6.90. The molecule has 9 aromatic carbocycles. The number of hydrogen-bond donors (Lipinski definition) is 0. The van der Waals surface area contributed by atoms with Crippen LogP contribution in [0.25, 0.3) is 76.9 Å². The average molecular weight is 664 g/mol. The summed E-state index contributed by atoms with van der Waals surface area (Å²) in [5.41, 5.74) is 11.9. The summed E-state index contributed by atoms with van der Waals surface area (Å²) in [5.74, 6) is 0. The molecule has 0 spiro atoms. The average Bonchev–Trinajstić information content (AvgIpc) is 3.60. The lowest BCUT2D eigenvalue weighted by atomic mass is 9.92. The van der Waals surface area contributed by atoms with E-state index in [1.54, 1.807) is 0 Å². The molecule has 1 aromatic heterocycles. The van der Waals surface area contributed by atoms with Crippen LogP contribution in [0.15, 0.2) is 205 Å². The number of hydrogen-bond acceptors (Lipinski definition) is 2. The van der Waals surface area contributed by atoms with Gasteiger partial charge in [0.05, 0.1) is 5.69 Å². The van der Waals surface area contributed by atoms with Crippen molar-refractivity contribution in [3.05, 3.63) is 200 Å². The van der Waals surface area contributed by atoms with Crippen molar-refractivity contribution in [3.8, 4) is 33.4 Å². The molecule has 0 amide bonds. The van der Waals surface area contributed by atoms with E-state index in [2.05, 4.69) is 205 Å². The number of fused-ring (bicyclic) bond motifs is 5. The Morgan fingerprint density at radius 1 is 0.327 bits per heavy atom. The molecule has 0 fully saturated rings. The predicted molar refractivity (Wildman–Crippen MR) is 220 cm³/mol. The van der Waals surface area contributed by atoms with E-state index in [-0.39, 0.29) is 0 Å². The van der Waals surface area contributed by atoms with Crippen LogP contribution in [0.5, 0.6) is 0 Å². The van der Waals surface area contributed by atoms with Gasteiger partial charge in [-0.25, -0.2) is 0 Å². The van der Waals surface area contributed by atoms with Crippen molar-refractivity contribution < 1.29 is 4.42 Å². The smallest absolute Gasteiger partial charge is 0.159 e. The summed E-state index contributed by atoms with van der Waals surface area (Å²) in [6.45, 7) is 0. The summed E-state index contributed by atoms with van der Waals surface area (Å²) in [6, 6.07) is 71.4. The Bertz CT molecular complexity index is 2780. The fraction of sp³-hybridized carbons (Fsp3) is 0. The molecule has 0 saturated heterocycles. The summed E-state index contributed by atoms with van der Waals surface area (Å²) in [4.78, 5) is 2.32. The van der Waals surface area contributed by atoms with E-state index in [1.807, 2.05) is 0 Å². The molecule has 0 bridgehead atoms. The zero-order valence-corrected chi connectivity index (χ0v) is 28.4. The largest absolute Gasteiger partial charge is 0.453 e. The lowest BCUT2D eigenvalue weighted by Gasteiger charge is -2.26. The molecule has 52 heavy (non-hydrogen) atoms. The second-order valence-corrected chi connectivity index (χ2v) is 13.3. The third-order valence-electron chi connectivity index (χ3n) is 10.3. The van der Waals surface area contributed by atoms with E-state index in [9.17, 15) is 0 Å². The number of para-hydroxylation sites is 1. The van der Waals surface area contributed by atoms with E-state index < -0.39 is 0 Å². The molecule has 0 saturated carbocycles. The number of benzene rings is 9. The van der Waals surface area contributed by atoms with E-state index >= 15 is 0 Å². The van der Waals surface area contributed by atoms with Crippen LogP contribution in [-0.4, -0.2) is 0 Å². The van der Waals surface area contributed by atoms with Crippen LogP contribution >= 0.6 is 0 Å². The van der Waals surface area contributed by atoms with Gasteiger partial charge in [0.2, 0.25) is 0 Å². The molecule has 2 heteroatoms. The second-order valence-electron chi connectivity index (χ2n) is 13.3. The van der Waals surface area contributed by atoms with Crippen LogP contribution in [0.4, 0.5) is 17.1 Å². The minimum Gasteiger partial charge on any atom is -0.453 e. The Labute approximate surface area is 302 Å². The molecule has 0 aliphatic heterocycles. The summed E-state index contributed by atoms with van der Waals surface area (Å²) in [7, 11) is 0. The van der Waals surface area contributed by atoms with E-state index in [1.165, 1.54) is 49.4 Å². The van der Waals surface area contributed by atoms with Gasteiger partial charge in [0.25, 0.3) is 0 Å². The van der Waals surface area contributed by atoms with Crippen molar-refractivity contribution in [3.63, 3.8) is 0 Å². The lowest BCUT2D eigenvalue weighted by Crippen LogP contribution is -2.10. The van der Waals surface area contributed by atoms with Crippen LogP contribution in [-0.2, 0) is 0 Å². The van der Waals surface area contributed by atoms with E-state index in [4.69, 9.17) is 4.42 Å². The van der Waals surface area contributed by atoms with Crippen molar-refractivity contribution in [2.45, 2.75) is 0 Å². The molecule has 10 aromatic rings. The minimum atomic E-state index is 0.855. The molecule has 2 nitrogen and oxygen atoms in total. The topological polar surface area (TPSA) is 16.4 Å². The normalized spacial score (nSPS) is 11.5. The van der Waals surface area contributed by atoms with Gasteiger partial charge in [0.1, 0.15) is 5.58 Å². The maximum atomic E-state index is 7.19. The Morgan fingerprint density at radius 3 is 1.48 bits per heavy atom. The van der Waals surface area contributed by atoms with Crippen molar-refractivity contribution in [2.75, 3.05) is 4.90 Å². The highest BCUT2D eigenvalue weighted by Crippen LogP contribution is 2.47. The first-order chi connectivity index (χ1) is 25.8. The molecule has 0 aliphatic carbocycles. The SMILES string of the molecule is c1ccc(-c2ccc(N(c3ccc(-c4ccccc4)cc3)c3cccc4c3oc3c(-c5cccc6ccccc56)c5ccccc5cc34)cc2)cc1. The van der Waals surface area contributed by atoms with Crippen LogP contribution < -0.4 is 4.90 Å². The maximum Gasteiger partial charge on any atom is 0.159 e. The molecule has 0 N–H and O–H groups in total. The van der Waals surface area contributed by atoms with Gasteiger partial charge < -0.3 is 9.32 Å². The second kappa shape index (κ2) is 12.5. The van der Waals surface area contributed by atoms with Gasteiger partial charge in [0, 0.05) is 27.7 Å². The molecule has 10 rings (SSSR count). The van der Waals surface area contributed by atoms with Gasteiger partial charge in [0.15, 0.2) is 5.58 Å². The molecule has 0 unspecified atom stereocenters. The van der Waals surface area contributed by atoms with Gasteiger partial charge in [-0.2, -0.15) is 0 Å². The highest BCUT2D eigenvalue weighted by Gasteiger charge is 2.23. The third kappa shape index (κ3) is 5.04. The standard InChI is InChI=1S/C50H33NO/c1-3-13-34(14-4-1)36-25-29-40(30-26-36)51(41-31-27-37(28-32-41)35-15-5-2-6-16-35)47-24-12-23-45-46-33-39-18-8-10-21-43(39)48(50(46)52-49(45)47)44-22-11-19-38-17-7-9-20-42(38)44/h1-33H. The minimum absolute atomic E-state index is 0.855. The first-order valence-electron chi connectivity index (χ1n) is 17.8. The summed E-state index contributed by atoms with van der Waals surface area (Å²) >= 11 is 0. The fourth-order valence-corrected chi connectivity index (χ4v) is 7.76. The van der Waals surface area contributed by atoms with Crippen LogP contribution in [0.1, 0.15) is 0 Å². The molecule has 244 valence electrons. The fourth-order valence-electron chi connectivity index (χ4n) is 7.76. The van der Waals surface area contributed by atoms with Crippen molar-refractivity contribution in [2.24, 2.45) is 0 Å². The first kappa shape index (κ1) is 30.0. The monoisotopic (exact) mass is 663 g/mol. The van der Waals surface area contributed by atoms with Gasteiger partial charge in [-0.1, -0.05) is 164 Å². The molecule has 0 radical (unpaired) electrons. The van der Waals surface area contributed by atoms with E-state index in [0.717, 1.165) is 44.6 Å². The summed E-state index contributed by atoms with van der Waals surface area (Å²) in [5, 5.41) is 6.99. The van der Waals surface area contributed by atoms with Crippen molar-refractivity contribution in [1.29, 1.82) is 0 Å². The Balaban J connectivity index is 1.22. The quantitative estimate of drug-likeness (QED) is 0.176. The van der Waals surface area contributed by atoms with Crippen molar-refractivity contribution >= 4 is 60.5 Å². The first-order valence-corrected chi connectivity index (χ1v) is 17.8. The Morgan fingerprint density at radius 2 is 0.827 bits per heavy atom. The molecule has 1 heterocycles. The Kier molecular flexibility index (Phi) is 7.18. The summed E-state index contributed by atoms with van der Waals surface area (Å²) < 4.78 is 7.19. The number of furan rings is 1. The third-order valence-corrected chi connectivity index (χ3v) is 10.3. The zero-order valence-electron chi connectivity index (χ0n) is 28.4. The van der Waals surface area contributed by atoms with Gasteiger partial charge in [-0.15, -0.1) is 0 Å². The zero-order chi connectivity index (χ0) is 34.4.